The minimum absolute atomic E-state index is 0.0212. The van der Waals surface area contributed by atoms with E-state index < -0.39 is 0 Å². The maximum atomic E-state index is 13.0. The molecule has 3 rings (SSSR count). The molecule has 8 heteroatoms. The third kappa shape index (κ3) is 4.22. The molecule has 0 saturated carbocycles. The Morgan fingerprint density at radius 1 is 1.21 bits per heavy atom. The van der Waals surface area contributed by atoms with Gasteiger partial charge >= 0.3 is 0 Å². The molecule has 6 nitrogen and oxygen atoms in total. The van der Waals surface area contributed by atoms with Crippen LogP contribution in [0.1, 0.15) is 39.9 Å². The zero-order chi connectivity index (χ0) is 20.4. The fraction of sp³-hybridized carbons (Fsp3) is 0.350. The van der Waals surface area contributed by atoms with Crippen molar-refractivity contribution < 1.29 is 4.79 Å². The largest absolute Gasteiger partial charge is 0.336 e. The standard InChI is InChI=1S/C20H23Br2N5O/c1-5-26-18(17(21)10-23-26)12-25(4)20(28)16-8-6-7-15(9-16)11-27-14(3)19(22)13(2)24-27/h6-10H,5,11-12H2,1-4H3. The maximum absolute atomic E-state index is 13.0. The number of amides is 1. The average Bonchev–Trinajstić information content (AvgIpc) is 3.15. The smallest absolute Gasteiger partial charge is 0.253 e. The molecular formula is C20H23Br2N5O. The average molecular weight is 509 g/mol. The third-order valence-corrected chi connectivity index (χ3v) is 6.54. The van der Waals surface area contributed by atoms with Gasteiger partial charge in [0.25, 0.3) is 5.91 Å². The molecule has 0 saturated heterocycles. The van der Waals surface area contributed by atoms with Gasteiger partial charge in [-0.25, -0.2) is 0 Å². The lowest BCUT2D eigenvalue weighted by molar-refractivity contribution is 0.0781. The Hall–Kier alpha value is -1.93. The van der Waals surface area contributed by atoms with Crippen LogP contribution in [-0.4, -0.2) is 37.4 Å². The maximum Gasteiger partial charge on any atom is 0.253 e. The van der Waals surface area contributed by atoms with Gasteiger partial charge in [-0.1, -0.05) is 12.1 Å². The van der Waals surface area contributed by atoms with Gasteiger partial charge in [0.05, 0.1) is 45.3 Å². The highest BCUT2D eigenvalue weighted by Crippen LogP contribution is 2.22. The van der Waals surface area contributed by atoms with Gasteiger partial charge in [0.1, 0.15) is 0 Å². The Morgan fingerprint density at radius 3 is 2.61 bits per heavy atom. The van der Waals surface area contributed by atoms with Crippen molar-refractivity contribution in [1.82, 2.24) is 24.5 Å². The molecule has 0 aliphatic heterocycles. The Balaban J connectivity index is 1.78. The summed E-state index contributed by atoms with van der Waals surface area (Å²) in [5, 5.41) is 8.87. The molecule has 0 aliphatic rings. The van der Waals surface area contributed by atoms with Crippen LogP contribution in [0.25, 0.3) is 0 Å². The highest BCUT2D eigenvalue weighted by Gasteiger charge is 2.17. The van der Waals surface area contributed by atoms with Crippen LogP contribution >= 0.6 is 31.9 Å². The summed E-state index contributed by atoms with van der Waals surface area (Å²) in [6.45, 7) is 7.91. The van der Waals surface area contributed by atoms with Crippen molar-refractivity contribution in [2.45, 2.75) is 40.4 Å². The van der Waals surface area contributed by atoms with Crippen LogP contribution in [0.2, 0.25) is 0 Å². The van der Waals surface area contributed by atoms with Crippen molar-refractivity contribution in [2.24, 2.45) is 0 Å². The second-order valence-corrected chi connectivity index (χ2v) is 8.41. The fourth-order valence-electron chi connectivity index (χ4n) is 3.14. The van der Waals surface area contributed by atoms with Crippen molar-refractivity contribution >= 4 is 37.8 Å². The first-order valence-corrected chi connectivity index (χ1v) is 10.6. The van der Waals surface area contributed by atoms with Gasteiger partial charge in [-0.05, 0) is 70.3 Å². The van der Waals surface area contributed by atoms with Crippen molar-refractivity contribution in [3.8, 4) is 0 Å². The minimum atomic E-state index is -0.0212. The quantitative estimate of drug-likeness (QED) is 0.490. The minimum Gasteiger partial charge on any atom is -0.336 e. The first-order valence-electron chi connectivity index (χ1n) is 9.05. The molecule has 0 radical (unpaired) electrons. The number of hydrogen-bond donors (Lipinski definition) is 0. The highest BCUT2D eigenvalue weighted by atomic mass is 79.9. The number of nitrogens with zero attached hydrogens (tertiary/aromatic N) is 5. The van der Waals surface area contributed by atoms with Gasteiger partial charge in [0.2, 0.25) is 0 Å². The van der Waals surface area contributed by atoms with Crippen molar-refractivity contribution in [2.75, 3.05) is 7.05 Å². The van der Waals surface area contributed by atoms with Crippen molar-refractivity contribution in [3.63, 3.8) is 0 Å². The lowest BCUT2D eigenvalue weighted by atomic mass is 10.1. The Kier molecular flexibility index (Phi) is 6.40. The lowest BCUT2D eigenvalue weighted by Crippen LogP contribution is -2.27. The van der Waals surface area contributed by atoms with E-state index >= 15 is 0 Å². The molecule has 1 amide bonds. The summed E-state index contributed by atoms with van der Waals surface area (Å²) in [6, 6.07) is 7.73. The van der Waals surface area contributed by atoms with Crippen LogP contribution < -0.4 is 0 Å². The number of carbonyl (C=O) groups excluding carboxylic acids is 1. The number of halogens is 2. The molecule has 3 aromatic rings. The van der Waals surface area contributed by atoms with Crippen LogP contribution in [0.15, 0.2) is 39.4 Å². The third-order valence-electron chi connectivity index (χ3n) is 4.73. The monoisotopic (exact) mass is 507 g/mol. The van der Waals surface area contributed by atoms with Crippen molar-refractivity contribution in [1.29, 1.82) is 0 Å². The van der Waals surface area contributed by atoms with Gasteiger partial charge < -0.3 is 4.90 Å². The molecule has 148 valence electrons. The first-order chi connectivity index (χ1) is 13.3. The second kappa shape index (κ2) is 8.61. The van der Waals surface area contributed by atoms with E-state index in [1.807, 2.05) is 61.4 Å². The number of benzene rings is 1. The van der Waals surface area contributed by atoms with E-state index in [1.54, 1.807) is 11.1 Å². The topological polar surface area (TPSA) is 56.0 Å². The summed E-state index contributed by atoms with van der Waals surface area (Å²) in [4.78, 5) is 14.7. The van der Waals surface area contributed by atoms with Gasteiger partial charge in [0.15, 0.2) is 0 Å². The molecule has 0 aliphatic carbocycles. The molecular weight excluding hydrogens is 486 g/mol. The van der Waals surface area contributed by atoms with Crippen LogP contribution in [0, 0.1) is 13.8 Å². The lowest BCUT2D eigenvalue weighted by Gasteiger charge is -2.19. The van der Waals surface area contributed by atoms with E-state index in [0.717, 1.165) is 38.1 Å². The van der Waals surface area contributed by atoms with Crippen LogP contribution in [0.3, 0.4) is 0 Å². The molecule has 1 aromatic carbocycles. The zero-order valence-electron chi connectivity index (χ0n) is 16.4. The molecule has 2 heterocycles. The van der Waals surface area contributed by atoms with Gasteiger partial charge in [0, 0.05) is 19.2 Å². The molecule has 0 N–H and O–H groups in total. The molecule has 2 aromatic heterocycles. The summed E-state index contributed by atoms with van der Waals surface area (Å²) in [7, 11) is 1.81. The molecule has 0 unspecified atom stereocenters. The summed E-state index contributed by atoms with van der Waals surface area (Å²) in [5.74, 6) is -0.0212. The summed E-state index contributed by atoms with van der Waals surface area (Å²) in [5.41, 5.74) is 4.73. The molecule has 0 atom stereocenters. The van der Waals surface area contributed by atoms with Crippen molar-refractivity contribution in [3.05, 3.63) is 67.6 Å². The Labute approximate surface area is 181 Å². The van der Waals surface area contributed by atoms with E-state index in [1.165, 1.54) is 0 Å². The van der Waals surface area contributed by atoms with E-state index in [0.29, 0.717) is 18.7 Å². The number of hydrogen-bond acceptors (Lipinski definition) is 3. The molecule has 0 bridgehead atoms. The van der Waals surface area contributed by atoms with E-state index in [2.05, 4.69) is 42.1 Å². The number of carbonyl (C=O) groups is 1. The predicted molar refractivity (Wildman–Crippen MR) is 116 cm³/mol. The number of aromatic nitrogens is 4. The molecule has 28 heavy (non-hydrogen) atoms. The predicted octanol–water partition coefficient (Wildman–Crippen LogP) is 4.56. The Morgan fingerprint density at radius 2 is 1.96 bits per heavy atom. The summed E-state index contributed by atoms with van der Waals surface area (Å²) < 4.78 is 5.78. The summed E-state index contributed by atoms with van der Waals surface area (Å²) in [6.07, 6.45) is 1.77. The fourth-order valence-corrected chi connectivity index (χ4v) is 3.84. The number of aryl methyl sites for hydroxylation is 2. The van der Waals surface area contributed by atoms with Crippen LogP contribution in [-0.2, 0) is 19.6 Å². The Bertz CT molecular complexity index is 1010. The SMILES string of the molecule is CCn1ncc(Br)c1CN(C)C(=O)c1cccc(Cn2nc(C)c(Br)c2C)c1. The normalized spacial score (nSPS) is 11.1. The molecule has 0 fully saturated rings. The van der Waals surface area contributed by atoms with Gasteiger partial charge in [-0.3, -0.25) is 14.2 Å². The highest BCUT2D eigenvalue weighted by molar-refractivity contribution is 9.10. The summed E-state index contributed by atoms with van der Waals surface area (Å²) >= 11 is 7.08. The van der Waals surface area contributed by atoms with E-state index in [-0.39, 0.29) is 5.91 Å². The van der Waals surface area contributed by atoms with Gasteiger partial charge in [-0.2, -0.15) is 10.2 Å². The van der Waals surface area contributed by atoms with Crippen LogP contribution in [0.4, 0.5) is 0 Å². The zero-order valence-corrected chi connectivity index (χ0v) is 19.6. The van der Waals surface area contributed by atoms with E-state index in [9.17, 15) is 4.79 Å². The van der Waals surface area contributed by atoms with E-state index in [4.69, 9.17) is 0 Å². The first kappa shape index (κ1) is 20.8. The van der Waals surface area contributed by atoms with Crippen LogP contribution in [0.5, 0.6) is 0 Å². The van der Waals surface area contributed by atoms with Gasteiger partial charge in [-0.15, -0.1) is 0 Å². The number of rotatable bonds is 6. The second-order valence-electron chi connectivity index (χ2n) is 6.76. The molecule has 0 spiro atoms.